The highest BCUT2D eigenvalue weighted by molar-refractivity contribution is 7.90. The molecule has 0 radical (unpaired) electrons. The van der Waals surface area contributed by atoms with Gasteiger partial charge in [0.1, 0.15) is 0 Å². The fourth-order valence-electron chi connectivity index (χ4n) is 2.18. The molecule has 0 N–H and O–H groups in total. The smallest absolute Gasteiger partial charge is 0.460 e. The minimum atomic E-state index is -9.01. The highest BCUT2D eigenvalue weighted by atomic mass is 32.2. The van der Waals surface area contributed by atoms with Gasteiger partial charge in [-0.15, -0.1) is 4.48 Å². The summed E-state index contributed by atoms with van der Waals surface area (Å²) in [5.41, 5.74) is -0.222. The van der Waals surface area contributed by atoms with Crippen LogP contribution in [0.3, 0.4) is 0 Å². The van der Waals surface area contributed by atoms with Crippen LogP contribution in [0.4, 0.5) is 79.1 Å². The predicted molar refractivity (Wildman–Crippen MR) is 92.4 cm³/mol. The van der Waals surface area contributed by atoms with Gasteiger partial charge in [-0.25, -0.2) is 13.2 Å². The molecule has 0 aliphatic carbocycles. The van der Waals surface area contributed by atoms with Crippen LogP contribution in [0.5, 0.6) is 0 Å². The van der Waals surface area contributed by atoms with Gasteiger partial charge in [-0.2, -0.15) is 74.6 Å². The van der Waals surface area contributed by atoms with Gasteiger partial charge in [0, 0.05) is 12.1 Å². The molecule has 0 rings (SSSR count). The third kappa shape index (κ3) is 5.65. The van der Waals surface area contributed by atoms with Crippen molar-refractivity contribution in [3.8, 4) is 0 Å². The van der Waals surface area contributed by atoms with Gasteiger partial charge in [0.15, 0.2) is 0 Å². The number of carbonyl (C=O) groups excluding carboxylic acids is 1. The molecule has 0 saturated heterocycles. The third-order valence-electron chi connectivity index (χ3n) is 4.59. The number of hydrogen-bond acceptors (Lipinski definition) is 4. The van der Waals surface area contributed by atoms with Crippen LogP contribution in [0.1, 0.15) is 19.8 Å². The molecule has 40 heavy (non-hydrogen) atoms. The zero-order chi connectivity index (χ0) is 32.8. The van der Waals surface area contributed by atoms with Crippen LogP contribution < -0.4 is 0 Å². The van der Waals surface area contributed by atoms with Gasteiger partial charge in [-0.05, 0) is 24.3 Å². The van der Waals surface area contributed by atoms with Crippen molar-refractivity contribution in [3.05, 3.63) is 12.2 Å². The van der Waals surface area contributed by atoms with Crippen LogP contribution in [0.25, 0.3) is 0 Å². The monoisotopic (exact) mass is 657 g/mol. The maximum Gasteiger partial charge on any atom is 0.460 e. The average molecular weight is 657 g/mol. The topological polar surface area (TPSA) is 63.7 Å². The van der Waals surface area contributed by atoms with E-state index < -0.39 is 93.5 Å². The van der Waals surface area contributed by atoms with Gasteiger partial charge >= 0.3 is 63.0 Å². The number of alkyl halides is 17. The first-order valence-corrected chi connectivity index (χ1v) is 10.9. The Morgan fingerprint density at radius 2 is 1.02 bits per heavy atom. The molecular weight excluding hydrogens is 644 g/mol. The summed E-state index contributed by atoms with van der Waals surface area (Å²) in [6.45, 7) is 1.40. The van der Waals surface area contributed by atoms with E-state index in [9.17, 15) is 92.3 Å². The summed E-state index contributed by atoms with van der Waals surface area (Å²) in [5, 5.41) is -7.98. The van der Waals surface area contributed by atoms with Crippen LogP contribution in [0.2, 0.25) is 0 Å². The van der Waals surface area contributed by atoms with Crippen LogP contribution in [0, 0.1) is 0 Å². The lowest BCUT2D eigenvalue weighted by atomic mass is 9.91. The average Bonchev–Trinajstić information content (AvgIpc) is 2.76. The second-order valence-electron chi connectivity index (χ2n) is 7.60. The number of ether oxygens (including phenoxy) is 1. The molecular formula is C16H13F18NO4S. The van der Waals surface area contributed by atoms with Crippen LogP contribution >= 0.6 is 0 Å². The summed E-state index contributed by atoms with van der Waals surface area (Å²) in [6, 6.07) is 0. The summed E-state index contributed by atoms with van der Waals surface area (Å²) in [5.74, 6) is -53.7. The van der Waals surface area contributed by atoms with E-state index in [4.69, 9.17) is 0 Å². The van der Waals surface area contributed by atoms with Gasteiger partial charge < -0.3 is 4.74 Å². The molecule has 0 heterocycles. The van der Waals surface area contributed by atoms with E-state index in [0.29, 0.717) is 0 Å². The number of esters is 1. The summed E-state index contributed by atoms with van der Waals surface area (Å²) in [4.78, 5) is 11.0. The van der Waals surface area contributed by atoms with Crippen molar-refractivity contribution < 1.29 is 97.1 Å². The summed E-state index contributed by atoms with van der Waals surface area (Å²) < 4.78 is 263. The molecule has 0 aromatic heterocycles. The summed E-state index contributed by atoms with van der Waals surface area (Å²) in [7, 11) is -8.00. The molecule has 0 amide bonds. The number of sulfonamides is 1. The molecule has 0 unspecified atom stereocenters. The Kier molecular flexibility index (Phi) is 10.3. The summed E-state index contributed by atoms with van der Waals surface area (Å²) >= 11 is 0. The fraction of sp³-hybridized carbons (Fsp3) is 0.812. The zero-order valence-electron chi connectivity index (χ0n) is 18.8. The highest BCUT2D eigenvalue weighted by Gasteiger charge is 2.96. The largest absolute Gasteiger partial charge is 0.462 e. The first-order valence-electron chi connectivity index (χ1n) is 9.47. The zero-order valence-corrected chi connectivity index (χ0v) is 19.6. The maximum atomic E-state index is 13.9. The molecule has 0 atom stereocenters. The van der Waals surface area contributed by atoms with Crippen molar-refractivity contribution in [2.45, 2.75) is 66.7 Å². The molecule has 0 aliphatic rings. The van der Waals surface area contributed by atoms with E-state index in [0.717, 1.165) is 6.92 Å². The first-order chi connectivity index (χ1) is 17.2. The lowest BCUT2D eigenvalue weighted by Gasteiger charge is -2.42. The van der Waals surface area contributed by atoms with E-state index in [1.807, 2.05) is 0 Å². The molecule has 0 spiro atoms. The Bertz CT molecular complexity index is 1050. The normalized spacial score (nSPS) is 15.4. The van der Waals surface area contributed by atoms with E-state index in [1.54, 1.807) is 0 Å². The number of unbranched alkanes of at least 4 members (excludes halogenated alkanes) is 1. The lowest BCUT2D eigenvalue weighted by Crippen LogP contribution is -2.75. The van der Waals surface area contributed by atoms with E-state index in [1.165, 1.54) is 0 Å². The van der Waals surface area contributed by atoms with E-state index in [-0.39, 0.29) is 5.57 Å². The Balaban J connectivity index is 6.36. The molecule has 0 aromatic rings. The van der Waals surface area contributed by atoms with Crippen LogP contribution in [0.15, 0.2) is 12.2 Å². The summed E-state index contributed by atoms with van der Waals surface area (Å²) in [6.07, 6.45) is -9.73. The van der Waals surface area contributed by atoms with Gasteiger partial charge in [0.05, 0.1) is 6.61 Å². The Morgan fingerprint density at radius 3 is 1.38 bits per heavy atom. The van der Waals surface area contributed by atoms with Crippen molar-refractivity contribution in [3.63, 3.8) is 0 Å². The number of halogens is 18. The number of carbonyl (C=O) groups is 1. The van der Waals surface area contributed by atoms with Crippen molar-refractivity contribution >= 4 is 16.0 Å². The number of rotatable bonds is 14. The van der Waals surface area contributed by atoms with Gasteiger partial charge in [0.2, 0.25) is 0 Å². The number of nitrogens with zero attached hydrogens (tertiary/aromatic N) is 1. The molecule has 0 bridgehead atoms. The Morgan fingerprint density at radius 1 is 0.675 bits per heavy atom. The van der Waals surface area contributed by atoms with Crippen molar-refractivity contribution in [2.24, 2.45) is 0 Å². The van der Waals surface area contributed by atoms with Crippen molar-refractivity contribution in [1.82, 2.24) is 4.53 Å². The standard InChI is InChI=1S/C16H13F18NO4S/c1-7(2)8(36)39-6-4-3-5-35(34)40(37,38)16(32,33)14(27,28)12(23,24)10(19,20)9(17,18)11(21,22)13(25,26)15(29,30)31/h1,3-6H2,2H3. The molecule has 5 nitrogen and oxygen atoms in total. The quantitative estimate of drug-likeness (QED) is 0.0717. The van der Waals surface area contributed by atoms with Gasteiger partial charge in [0.25, 0.3) is 0 Å². The molecule has 0 fully saturated rings. The fourth-order valence-corrected chi connectivity index (χ4v) is 3.25. The predicted octanol–water partition coefficient (Wildman–Crippen LogP) is 6.37. The second-order valence-corrected chi connectivity index (χ2v) is 9.46. The van der Waals surface area contributed by atoms with Crippen molar-refractivity contribution in [1.29, 1.82) is 0 Å². The number of hydrogen-bond donors (Lipinski definition) is 0. The SMILES string of the molecule is C=C(C)C(=O)OCCCCN(F)S(=O)(=O)C(F)(F)C(F)(F)C(F)(F)C(F)(F)C(F)(F)C(F)(F)C(F)(F)C(F)(F)F. The van der Waals surface area contributed by atoms with Crippen LogP contribution in [-0.4, -0.2) is 79.0 Å². The molecule has 0 aromatic carbocycles. The molecule has 24 heteroatoms. The van der Waals surface area contributed by atoms with Crippen LogP contribution in [-0.2, 0) is 19.6 Å². The Hall–Kier alpha value is -2.14. The maximum absolute atomic E-state index is 13.9. The second kappa shape index (κ2) is 10.9. The van der Waals surface area contributed by atoms with E-state index in [2.05, 4.69) is 11.3 Å². The first kappa shape index (κ1) is 37.9. The highest BCUT2D eigenvalue weighted by Crippen LogP contribution is 2.64. The van der Waals surface area contributed by atoms with E-state index >= 15 is 0 Å². The van der Waals surface area contributed by atoms with Crippen molar-refractivity contribution in [2.75, 3.05) is 13.2 Å². The molecule has 0 aliphatic heterocycles. The third-order valence-corrected chi connectivity index (χ3v) is 6.20. The molecule has 0 saturated carbocycles. The van der Waals surface area contributed by atoms with Gasteiger partial charge in [-0.3, -0.25) is 0 Å². The molecule has 238 valence electrons. The minimum absolute atomic E-state index is 0.222. The lowest BCUT2D eigenvalue weighted by molar-refractivity contribution is -0.458. The minimum Gasteiger partial charge on any atom is -0.462 e. The van der Waals surface area contributed by atoms with Gasteiger partial charge in [-0.1, -0.05) is 6.58 Å². The Labute approximate surface area is 210 Å².